The van der Waals surface area contributed by atoms with Gasteiger partial charge in [-0.2, -0.15) is 0 Å². The van der Waals surface area contributed by atoms with Crippen LogP contribution in [0.2, 0.25) is 0 Å². The summed E-state index contributed by atoms with van der Waals surface area (Å²) in [5.74, 6) is 0. The van der Waals surface area contributed by atoms with Crippen LogP contribution in [0.4, 0.5) is 0 Å². The molecule has 0 fully saturated rings. The number of nitrogens with one attached hydrogen (secondary N) is 1. The van der Waals surface area contributed by atoms with Crippen molar-refractivity contribution in [3.63, 3.8) is 0 Å². The van der Waals surface area contributed by atoms with Crippen LogP contribution in [0.1, 0.15) is 55.9 Å². The molecule has 0 aromatic carbocycles. The number of aromatic nitrogens is 2. The number of thiazole rings is 1. The molecule has 2 rings (SSSR count). The highest BCUT2D eigenvalue weighted by Crippen LogP contribution is 2.30. The van der Waals surface area contributed by atoms with Crippen molar-refractivity contribution >= 4 is 11.3 Å². The highest BCUT2D eigenvalue weighted by Gasteiger charge is 2.23. The van der Waals surface area contributed by atoms with Gasteiger partial charge in [0.2, 0.25) is 0 Å². The molecule has 0 aliphatic carbocycles. The first kappa shape index (κ1) is 16.1. The molecule has 114 valence electrons. The molecule has 2 aromatic heterocycles. The zero-order valence-electron chi connectivity index (χ0n) is 13.6. The number of hydrogen-bond acceptors (Lipinski definition) is 4. The second-order valence-corrected chi connectivity index (χ2v) is 7.83. The zero-order chi connectivity index (χ0) is 15.5. The van der Waals surface area contributed by atoms with Gasteiger partial charge in [-0.3, -0.25) is 4.98 Å². The lowest BCUT2D eigenvalue weighted by atomic mass is 9.91. The molecule has 3 nitrogen and oxygen atoms in total. The molecule has 0 spiro atoms. The van der Waals surface area contributed by atoms with Gasteiger partial charge in [-0.25, -0.2) is 4.98 Å². The van der Waals surface area contributed by atoms with E-state index in [2.05, 4.69) is 51.0 Å². The Hall–Kier alpha value is -1.26. The maximum Gasteiger partial charge on any atom is 0.0991 e. The summed E-state index contributed by atoms with van der Waals surface area (Å²) >= 11 is 1.81. The molecule has 0 aliphatic heterocycles. The van der Waals surface area contributed by atoms with E-state index in [9.17, 15) is 0 Å². The summed E-state index contributed by atoms with van der Waals surface area (Å²) in [6.45, 7) is 11.9. The van der Waals surface area contributed by atoms with Gasteiger partial charge in [0, 0.05) is 41.2 Å². The molecule has 2 heterocycles. The van der Waals surface area contributed by atoms with Crippen molar-refractivity contribution in [2.75, 3.05) is 0 Å². The Kier molecular flexibility index (Phi) is 5.12. The first-order valence-electron chi connectivity index (χ1n) is 7.48. The van der Waals surface area contributed by atoms with Crippen LogP contribution >= 0.6 is 11.3 Å². The van der Waals surface area contributed by atoms with Crippen molar-refractivity contribution in [3.8, 4) is 0 Å². The Morgan fingerprint density at radius 3 is 2.57 bits per heavy atom. The Bertz CT molecular complexity index is 567. The van der Waals surface area contributed by atoms with E-state index < -0.39 is 0 Å². The topological polar surface area (TPSA) is 37.8 Å². The lowest BCUT2D eigenvalue weighted by Crippen LogP contribution is -2.23. The molecule has 4 heteroatoms. The van der Waals surface area contributed by atoms with Gasteiger partial charge in [0.05, 0.1) is 10.7 Å². The number of nitrogens with zero attached hydrogens (tertiary/aromatic N) is 2. The normalized spacial score (nSPS) is 12.1. The fourth-order valence-electron chi connectivity index (χ4n) is 2.14. The summed E-state index contributed by atoms with van der Waals surface area (Å²) in [4.78, 5) is 10.6. The first-order valence-corrected chi connectivity index (χ1v) is 8.30. The van der Waals surface area contributed by atoms with E-state index in [-0.39, 0.29) is 5.41 Å². The minimum Gasteiger partial charge on any atom is -0.310 e. The van der Waals surface area contributed by atoms with E-state index in [0.29, 0.717) is 6.04 Å². The molecule has 0 aliphatic rings. The minimum atomic E-state index is 0.0762. The molecule has 0 atom stereocenters. The van der Waals surface area contributed by atoms with Crippen LogP contribution in [0.15, 0.2) is 24.4 Å². The van der Waals surface area contributed by atoms with E-state index in [1.165, 1.54) is 10.6 Å². The van der Waals surface area contributed by atoms with E-state index >= 15 is 0 Å². The van der Waals surface area contributed by atoms with Crippen LogP contribution in [0.3, 0.4) is 0 Å². The molecular weight excluding hydrogens is 278 g/mol. The molecular formula is C17H25N3S. The molecule has 21 heavy (non-hydrogen) atoms. The smallest absolute Gasteiger partial charge is 0.0991 e. The molecule has 1 N–H and O–H groups in total. The Morgan fingerprint density at radius 1 is 1.24 bits per heavy atom. The monoisotopic (exact) mass is 303 g/mol. The standard InChI is InChI=1S/C17H25N3S/c1-12(2)19-11-14-16(17(3,4)5)20-15(21-14)10-13-8-6-7-9-18-13/h6-9,12,19H,10-11H2,1-5H3. The first-order chi connectivity index (χ1) is 9.86. The summed E-state index contributed by atoms with van der Waals surface area (Å²) in [5.41, 5.74) is 2.37. The molecule has 2 aromatic rings. The maximum atomic E-state index is 4.89. The summed E-state index contributed by atoms with van der Waals surface area (Å²) in [7, 11) is 0. The summed E-state index contributed by atoms with van der Waals surface area (Å²) in [5, 5.41) is 4.66. The van der Waals surface area contributed by atoms with E-state index in [1.54, 1.807) is 0 Å². The SMILES string of the molecule is CC(C)NCc1sc(Cc2ccccn2)nc1C(C)(C)C. The van der Waals surface area contributed by atoms with Gasteiger partial charge in [-0.15, -0.1) is 11.3 Å². The Balaban J connectivity index is 2.23. The lowest BCUT2D eigenvalue weighted by molar-refractivity contribution is 0.545. The fourth-order valence-corrected chi connectivity index (χ4v) is 3.38. The Labute approximate surface area is 131 Å². The Morgan fingerprint density at radius 2 is 2.00 bits per heavy atom. The maximum absolute atomic E-state index is 4.89. The number of rotatable bonds is 5. The van der Waals surface area contributed by atoms with Gasteiger partial charge in [0.1, 0.15) is 0 Å². The van der Waals surface area contributed by atoms with Crippen LogP contribution in [-0.4, -0.2) is 16.0 Å². The minimum absolute atomic E-state index is 0.0762. The molecule has 0 saturated carbocycles. The van der Waals surface area contributed by atoms with Crippen LogP contribution in [0, 0.1) is 0 Å². The van der Waals surface area contributed by atoms with Gasteiger partial charge in [-0.1, -0.05) is 40.7 Å². The number of pyridine rings is 1. The van der Waals surface area contributed by atoms with E-state index in [4.69, 9.17) is 4.98 Å². The van der Waals surface area contributed by atoms with Crippen molar-refractivity contribution < 1.29 is 0 Å². The van der Waals surface area contributed by atoms with E-state index in [0.717, 1.165) is 23.7 Å². The van der Waals surface area contributed by atoms with Gasteiger partial charge < -0.3 is 5.32 Å². The zero-order valence-corrected chi connectivity index (χ0v) is 14.4. The molecule has 0 amide bonds. The summed E-state index contributed by atoms with van der Waals surface area (Å²) in [6.07, 6.45) is 2.66. The quantitative estimate of drug-likeness (QED) is 0.909. The average molecular weight is 303 g/mol. The van der Waals surface area contributed by atoms with Crippen LogP contribution in [0.5, 0.6) is 0 Å². The van der Waals surface area contributed by atoms with Crippen molar-refractivity contribution in [2.24, 2.45) is 0 Å². The molecule has 0 bridgehead atoms. The lowest BCUT2D eigenvalue weighted by Gasteiger charge is -2.18. The third kappa shape index (κ3) is 4.61. The van der Waals surface area contributed by atoms with Crippen molar-refractivity contribution in [2.45, 2.75) is 59.0 Å². The predicted octanol–water partition coefficient (Wildman–Crippen LogP) is 3.92. The van der Waals surface area contributed by atoms with Crippen LogP contribution < -0.4 is 5.32 Å². The summed E-state index contributed by atoms with van der Waals surface area (Å²) < 4.78 is 0. The average Bonchev–Trinajstić information content (AvgIpc) is 2.80. The molecule has 0 radical (unpaired) electrons. The highest BCUT2D eigenvalue weighted by atomic mass is 32.1. The second-order valence-electron chi connectivity index (χ2n) is 6.66. The van der Waals surface area contributed by atoms with Gasteiger partial charge >= 0.3 is 0 Å². The van der Waals surface area contributed by atoms with Gasteiger partial charge in [0.25, 0.3) is 0 Å². The van der Waals surface area contributed by atoms with Gasteiger partial charge in [0.15, 0.2) is 0 Å². The van der Waals surface area contributed by atoms with E-state index in [1.807, 2.05) is 29.7 Å². The van der Waals surface area contributed by atoms with Crippen LogP contribution in [-0.2, 0) is 18.4 Å². The van der Waals surface area contributed by atoms with Gasteiger partial charge in [-0.05, 0) is 12.1 Å². The van der Waals surface area contributed by atoms with Crippen molar-refractivity contribution in [1.82, 2.24) is 15.3 Å². The van der Waals surface area contributed by atoms with Crippen molar-refractivity contribution in [1.29, 1.82) is 0 Å². The molecule has 0 unspecified atom stereocenters. The third-order valence-corrected chi connectivity index (χ3v) is 4.24. The fraction of sp³-hybridized carbons (Fsp3) is 0.529. The highest BCUT2D eigenvalue weighted by molar-refractivity contribution is 7.11. The summed E-state index contributed by atoms with van der Waals surface area (Å²) in [6, 6.07) is 6.52. The third-order valence-electron chi connectivity index (χ3n) is 3.18. The van der Waals surface area contributed by atoms with Crippen LogP contribution in [0.25, 0.3) is 0 Å². The number of hydrogen-bond donors (Lipinski definition) is 1. The largest absolute Gasteiger partial charge is 0.310 e. The predicted molar refractivity (Wildman–Crippen MR) is 89.8 cm³/mol. The second kappa shape index (κ2) is 6.67. The van der Waals surface area contributed by atoms with Crippen molar-refractivity contribution in [3.05, 3.63) is 45.7 Å². The molecule has 0 saturated heterocycles.